The summed E-state index contributed by atoms with van der Waals surface area (Å²) in [6, 6.07) is 0. The molecule has 0 spiro atoms. The molecule has 1 heterocycles. The summed E-state index contributed by atoms with van der Waals surface area (Å²) in [5.74, 6) is 0.0253. The standard InChI is InChI=1S/C9H14O3/c1-3-4-5-8(10)12-9-7(2)6-11-9/h4-5,7,9H,3,6H2,1-2H3/b5-4+. The van der Waals surface area contributed by atoms with Crippen molar-refractivity contribution < 1.29 is 14.3 Å². The second-order valence-electron chi connectivity index (χ2n) is 2.93. The zero-order valence-electron chi connectivity index (χ0n) is 7.45. The third-order valence-electron chi connectivity index (χ3n) is 1.71. The molecular formula is C9H14O3. The molecule has 3 nitrogen and oxygen atoms in total. The van der Waals surface area contributed by atoms with Gasteiger partial charge in [-0.2, -0.15) is 0 Å². The van der Waals surface area contributed by atoms with E-state index in [-0.39, 0.29) is 12.3 Å². The number of carbonyl (C=O) groups excluding carboxylic acids is 1. The first kappa shape index (κ1) is 9.26. The minimum Gasteiger partial charge on any atom is -0.432 e. The molecule has 0 aliphatic carbocycles. The summed E-state index contributed by atoms with van der Waals surface area (Å²) in [6.45, 7) is 4.65. The molecule has 1 rings (SSSR count). The Kier molecular flexibility index (Phi) is 3.29. The lowest BCUT2D eigenvalue weighted by Crippen LogP contribution is -2.40. The Labute approximate surface area is 72.4 Å². The van der Waals surface area contributed by atoms with E-state index in [4.69, 9.17) is 9.47 Å². The monoisotopic (exact) mass is 170 g/mol. The fourth-order valence-electron chi connectivity index (χ4n) is 0.885. The van der Waals surface area contributed by atoms with Crippen LogP contribution in [0.5, 0.6) is 0 Å². The van der Waals surface area contributed by atoms with Crippen molar-refractivity contribution in [3.8, 4) is 0 Å². The van der Waals surface area contributed by atoms with Gasteiger partial charge < -0.3 is 9.47 Å². The average molecular weight is 170 g/mol. The number of carbonyl (C=O) groups is 1. The zero-order valence-corrected chi connectivity index (χ0v) is 7.45. The Bertz CT molecular complexity index is 186. The molecule has 3 heteroatoms. The van der Waals surface area contributed by atoms with Crippen LogP contribution in [0.2, 0.25) is 0 Å². The number of rotatable bonds is 3. The lowest BCUT2D eigenvalue weighted by atomic mass is 10.1. The van der Waals surface area contributed by atoms with E-state index in [0.717, 1.165) is 6.42 Å². The summed E-state index contributed by atoms with van der Waals surface area (Å²) in [7, 11) is 0. The van der Waals surface area contributed by atoms with Crippen molar-refractivity contribution in [3.63, 3.8) is 0 Å². The summed E-state index contributed by atoms with van der Waals surface area (Å²) < 4.78 is 9.97. The Morgan fingerprint density at radius 2 is 2.50 bits per heavy atom. The maximum Gasteiger partial charge on any atom is 0.332 e. The van der Waals surface area contributed by atoms with Crippen molar-refractivity contribution in [2.75, 3.05) is 6.61 Å². The molecule has 0 bridgehead atoms. The molecule has 0 radical (unpaired) electrons. The maximum absolute atomic E-state index is 11.0. The Morgan fingerprint density at radius 1 is 1.75 bits per heavy atom. The molecule has 0 saturated carbocycles. The van der Waals surface area contributed by atoms with Crippen LogP contribution < -0.4 is 0 Å². The number of hydrogen-bond donors (Lipinski definition) is 0. The van der Waals surface area contributed by atoms with Crippen molar-refractivity contribution in [1.29, 1.82) is 0 Å². The first-order valence-electron chi connectivity index (χ1n) is 4.22. The summed E-state index contributed by atoms with van der Waals surface area (Å²) >= 11 is 0. The summed E-state index contributed by atoms with van der Waals surface area (Å²) in [4.78, 5) is 11.0. The van der Waals surface area contributed by atoms with E-state index in [1.807, 2.05) is 13.8 Å². The van der Waals surface area contributed by atoms with Crippen LogP contribution in [-0.2, 0) is 14.3 Å². The van der Waals surface area contributed by atoms with Crippen molar-refractivity contribution in [1.82, 2.24) is 0 Å². The molecule has 2 atom stereocenters. The molecule has 0 aromatic heterocycles. The van der Waals surface area contributed by atoms with Gasteiger partial charge in [-0.25, -0.2) is 4.79 Å². The molecule has 0 aromatic carbocycles. The summed E-state index contributed by atoms with van der Waals surface area (Å²) in [5, 5.41) is 0. The topological polar surface area (TPSA) is 35.5 Å². The van der Waals surface area contributed by atoms with E-state index < -0.39 is 0 Å². The molecule has 0 aromatic rings. The first-order chi connectivity index (χ1) is 5.74. The van der Waals surface area contributed by atoms with Gasteiger partial charge in [0, 0.05) is 12.0 Å². The molecule has 1 fully saturated rings. The van der Waals surface area contributed by atoms with Crippen molar-refractivity contribution in [2.24, 2.45) is 5.92 Å². The van der Waals surface area contributed by atoms with Gasteiger partial charge >= 0.3 is 5.97 Å². The Morgan fingerprint density at radius 3 is 2.92 bits per heavy atom. The van der Waals surface area contributed by atoms with Crippen molar-refractivity contribution in [3.05, 3.63) is 12.2 Å². The van der Waals surface area contributed by atoms with Crippen LogP contribution in [0, 0.1) is 5.92 Å². The van der Waals surface area contributed by atoms with E-state index >= 15 is 0 Å². The lowest BCUT2D eigenvalue weighted by molar-refractivity contribution is -0.242. The van der Waals surface area contributed by atoms with E-state index in [1.165, 1.54) is 6.08 Å². The third kappa shape index (κ3) is 2.34. The highest BCUT2D eigenvalue weighted by Crippen LogP contribution is 2.20. The lowest BCUT2D eigenvalue weighted by Gasteiger charge is -2.32. The predicted octanol–water partition coefficient (Wildman–Crippen LogP) is 1.49. The quantitative estimate of drug-likeness (QED) is 0.475. The normalized spacial score (nSPS) is 28.5. The third-order valence-corrected chi connectivity index (χ3v) is 1.71. The van der Waals surface area contributed by atoms with Gasteiger partial charge in [-0.05, 0) is 6.42 Å². The molecule has 1 saturated heterocycles. The second kappa shape index (κ2) is 4.26. The van der Waals surface area contributed by atoms with Gasteiger partial charge in [0.1, 0.15) is 0 Å². The van der Waals surface area contributed by atoms with Gasteiger partial charge in [0.15, 0.2) is 0 Å². The molecular weight excluding hydrogens is 156 g/mol. The van der Waals surface area contributed by atoms with Gasteiger partial charge in [0.2, 0.25) is 6.29 Å². The molecule has 1 aliphatic heterocycles. The van der Waals surface area contributed by atoms with Crippen molar-refractivity contribution in [2.45, 2.75) is 26.6 Å². The van der Waals surface area contributed by atoms with Crippen LogP contribution in [0.3, 0.4) is 0 Å². The van der Waals surface area contributed by atoms with E-state index in [0.29, 0.717) is 12.5 Å². The van der Waals surface area contributed by atoms with Gasteiger partial charge in [-0.3, -0.25) is 0 Å². The highest BCUT2D eigenvalue weighted by atomic mass is 16.7. The maximum atomic E-state index is 11.0. The van der Waals surface area contributed by atoms with Gasteiger partial charge in [0.05, 0.1) is 6.61 Å². The average Bonchev–Trinajstić information content (AvgIpc) is 2.08. The van der Waals surface area contributed by atoms with Gasteiger partial charge in [-0.1, -0.05) is 19.9 Å². The Balaban J connectivity index is 2.22. The number of allylic oxidation sites excluding steroid dienone is 1. The first-order valence-corrected chi connectivity index (χ1v) is 4.22. The minimum atomic E-state index is -0.320. The van der Waals surface area contributed by atoms with Crippen molar-refractivity contribution >= 4 is 5.97 Å². The fourth-order valence-corrected chi connectivity index (χ4v) is 0.885. The van der Waals surface area contributed by atoms with Gasteiger partial charge in [0.25, 0.3) is 0 Å². The molecule has 68 valence electrons. The number of hydrogen-bond acceptors (Lipinski definition) is 3. The largest absolute Gasteiger partial charge is 0.432 e. The summed E-state index contributed by atoms with van der Waals surface area (Å²) in [6.07, 6.45) is 3.73. The van der Waals surface area contributed by atoms with E-state index in [9.17, 15) is 4.79 Å². The predicted molar refractivity (Wildman–Crippen MR) is 44.4 cm³/mol. The molecule has 0 N–H and O–H groups in total. The SMILES string of the molecule is CC/C=C/C(=O)OC1OCC1C. The van der Waals surface area contributed by atoms with Crippen LogP contribution in [0.1, 0.15) is 20.3 Å². The Hall–Kier alpha value is -0.830. The second-order valence-corrected chi connectivity index (χ2v) is 2.93. The number of ether oxygens (including phenoxy) is 2. The highest BCUT2D eigenvalue weighted by molar-refractivity contribution is 5.81. The molecule has 12 heavy (non-hydrogen) atoms. The van der Waals surface area contributed by atoms with Crippen LogP contribution in [-0.4, -0.2) is 18.9 Å². The van der Waals surface area contributed by atoms with Crippen LogP contribution >= 0.6 is 0 Å². The zero-order chi connectivity index (χ0) is 8.97. The highest BCUT2D eigenvalue weighted by Gasteiger charge is 2.30. The smallest absolute Gasteiger partial charge is 0.332 e. The fraction of sp³-hybridized carbons (Fsp3) is 0.667. The van der Waals surface area contributed by atoms with E-state index in [2.05, 4.69) is 0 Å². The summed E-state index contributed by atoms with van der Waals surface area (Å²) in [5.41, 5.74) is 0. The van der Waals surface area contributed by atoms with Crippen LogP contribution in [0.15, 0.2) is 12.2 Å². The molecule has 1 aliphatic rings. The molecule has 2 unspecified atom stereocenters. The van der Waals surface area contributed by atoms with E-state index in [1.54, 1.807) is 6.08 Å². The van der Waals surface area contributed by atoms with Crippen LogP contribution in [0.25, 0.3) is 0 Å². The minimum absolute atomic E-state index is 0.312. The van der Waals surface area contributed by atoms with Gasteiger partial charge in [-0.15, -0.1) is 0 Å². The van der Waals surface area contributed by atoms with Crippen LogP contribution in [0.4, 0.5) is 0 Å². The molecule has 0 amide bonds. The number of esters is 1.